The Bertz CT molecular complexity index is 585. The highest BCUT2D eigenvalue weighted by Gasteiger charge is 2.20. The lowest BCUT2D eigenvalue weighted by molar-refractivity contribution is 0.278. The van der Waals surface area contributed by atoms with Crippen molar-refractivity contribution in [3.8, 4) is 0 Å². The average Bonchev–Trinajstić information content (AvgIpc) is 2.91. The molecular formula is C13H17N5OS. The second-order valence-corrected chi connectivity index (χ2v) is 5.83. The summed E-state index contributed by atoms with van der Waals surface area (Å²) in [6.07, 6.45) is 0. The van der Waals surface area contributed by atoms with E-state index >= 15 is 0 Å². The first-order valence-corrected chi connectivity index (χ1v) is 7.37. The Morgan fingerprint density at radius 1 is 1.30 bits per heavy atom. The third-order valence-corrected chi connectivity index (χ3v) is 4.54. The summed E-state index contributed by atoms with van der Waals surface area (Å²) >= 11 is 1.73. The second kappa shape index (κ2) is 5.64. The molecule has 0 amide bonds. The molecule has 6 nitrogen and oxygen atoms in total. The normalized spacial score (nSPS) is 17.8. The number of hydrogen-bond acceptors (Lipinski definition) is 6. The molecule has 0 radical (unpaired) electrons. The molecule has 0 bridgehead atoms. The fourth-order valence-corrected chi connectivity index (χ4v) is 3.37. The summed E-state index contributed by atoms with van der Waals surface area (Å²) in [4.78, 5) is 9.15. The minimum atomic E-state index is 0.262. The number of piperazine rings is 1. The lowest BCUT2D eigenvalue weighted by Gasteiger charge is -2.34. The molecular weight excluding hydrogens is 274 g/mol. The predicted octanol–water partition coefficient (Wildman–Crippen LogP) is 1.16. The van der Waals surface area contributed by atoms with Crippen molar-refractivity contribution in [3.63, 3.8) is 0 Å². The van der Waals surface area contributed by atoms with Crippen molar-refractivity contribution in [3.05, 3.63) is 24.3 Å². The molecule has 0 saturated carbocycles. The van der Waals surface area contributed by atoms with E-state index in [4.69, 9.17) is 10.9 Å². The number of thiazole rings is 1. The number of benzene rings is 1. The maximum atomic E-state index is 8.59. The van der Waals surface area contributed by atoms with Gasteiger partial charge in [0.2, 0.25) is 0 Å². The van der Waals surface area contributed by atoms with Gasteiger partial charge in [0.15, 0.2) is 11.0 Å². The summed E-state index contributed by atoms with van der Waals surface area (Å²) in [6, 6.07) is 8.20. The fraction of sp³-hybridized carbons (Fsp3) is 0.385. The number of nitrogens with zero attached hydrogens (tertiary/aromatic N) is 4. The van der Waals surface area contributed by atoms with E-state index in [2.05, 4.69) is 26.0 Å². The van der Waals surface area contributed by atoms with Crippen LogP contribution < -0.4 is 10.6 Å². The van der Waals surface area contributed by atoms with Gasteiger partial charge in [-0.05, 0) is 12.1 Å². The lowest BCUT2D eigenvalue weighted by atomic mass is 10.3. The Morgan fingerprint density at radius 2 is 2.05 bits per heavy atom. The Kier molecular flexibility index (Phi) is 3.70. The number of rotatable bonds is 3. The SMILES string of the molecule is NC(CN1CCN(c2nc3ccccc3s2)CC1)=NO. The number of nitrogens with two attached hydrogens (primary N) is 1. The Labute approximate surface area is 121 Å². The summed E-state index contributed by atoms with van der Waals surface area (Å²) in [7, 11) is 0. The maximum Gasteiger partial charge on any atom is 0.186 e. The number of amidine groups is 1. The van der Waals surface area contributed by atoms with Gasteiger partial charge in [-0.2, -0.15) is 0 Å². The smallest absolute Gasteiger partial charge is 0.186 e. The van der Waals surface area contributed by atoms with Crippen LogP contribution in [0.2, 0.25) is 0 Å². The first-order valence-electron chi connectivity index (χ1n) is 6.55. The molecule has 1 saturated heterocycles. The van der Waals surface area contributed by atoms with E-state index in [0.29, 0.717) is 6.54 Å². The maximum absolute atomic E-state index is 8.59. The van der Waals surface area contributed by atoms with Crippen LogP contribution in [0.5, 0.6) is 0 Å². The van der Waals surface area contributed by atoms with Crippen molar-refractivity contribution in [2.24, 2.45) is 10.9 Å². The van der Waals surface area contributed by atoms with Crippen molar-refractivity contribution in [1.29, 1.82) is 0 Å². The zero-order chi connectivity index (χ0) is 13.9. The molecule has 20 heavy (non-hydrogen) atoms. The van der Waals surface area contributed by atoms with Crippen LogP contribution in [0, 0.1) is 0 Å². The molecule has 106 valence electrons. The standard InChI is InChI=1S/C13H17N5OS/c14-12(16-19)9-17-5-7-18(8-6-17)13-15-10-3-1-2-4-11(10)20-13/h1-4,19H,5-9H2,(H2,14,16). The number of aromatic nitrogens is 1. The molecule has 2 aromatic rings. The number of anilines is 1. The van der Waals surface area contributed by atoms with Gasteiger partial charge >= 0.3 is 0 Å². The molecule has 1 fully saturated rings. The Morgan fingerprint density at radius 3 is 2.75 bits per heavy atom. The highest BCUT2D eigenvalue weighted by atomic mass is 32.1. The van der Waals surface area contributed by atoms with Gasteiger partial charge < -0.3 is 15.8 Å². The van der Waals surface area contributed by atoms with Crippen LogP contribution in [-0.2, 0) is 0 Å². The summed E-state index contributed by atoms with van der Waals surface area (Å²) < 4.78 is 1.22. The van der Waals surface area contributed by atoms with Crippen molar-refractivity contribution in [1.82, 2.24) is 9.88 Å². The van der Waals surface area contributed by atoms with Gasteiger partial charge in [-0.3, -0.25) is 4.90 Å². The molecule has 0 aliphatic carbocycles. The molecule has 0 spiro atoms. The third-order valence-electron chi connectivity index (χ3n) is 3.44. The number of para-hydroxylation sites is 1. The molecule has 0 unspecified atom stereocenters. The van der Waals surface area contributed by atoms with E-state index in [9.17, 15) is 0 Å². The number of hydrogen-bond donors (Lipinski definition) is 2. The summed E-state index contributed by atoms with van der Waals surface area (Å²) in [6.45, 7) is 4.14. The molecule has 3 N–H and O–H groups in total. The lowest BCUT2D eigenvalue weighted by Crippen LogP contribution is -2.48. The monoisotopic (exact) mass is 291 g/mol. The molecule has 1 aromatic heterocycles. The zero-order valence-corrected chi connectivity index (χ0v) is 11.9. The molecule has 2 heterocycles. The Balaban J connectivity index is 1.65. The van der Waals surface area contributed by atoms with Crippen molar-refractivity contribution < 1.29 is 5.21 Å². The van der Waals surface area contributed by atoms with E-state index in [1.807, 2.05) is 18.2 Å². The van der Waals surface area contributed by atoms with Crippen LogP contribution in [0.1, 0.15) is 0 Å². The van der Waals surface area contributed by atoms with Crippen molar-refractivity contribution in [2.45, 2.75) is 0 Å². The van der Waals surface area contributed by atoms with Gasteiger partial charge in [-0.25, -0.2) is 4.98 Å². The van der Waals surface area contributed by atoms with Gasteiger partial charge in [-0.15, -0.1) is 0 Å². The minimum Gasteiger partial charge on any atom is -0.409 e. The van der Waals surface area contributed by atoms with Crippen LogP contribution >= 0.6 is 11.3 Å². The van der Waals surface area contributed by atoms with E-state index in [1.54, 1.807) is 11.3 Å². The average molecular weight is 291 g/mol. The van der Waals surface area contributed by atoms with Crippen LogP contribution in [-0.4, -0.2) is 53.7 Å². The van der Waals surface area contributed by atoms with Gasteiger partial charge in [0.1, 0.15) is 0 Å². The first-order chi connectivity index (χ1) is 9.76. The fourth-order valence-electron chi connectivity index (χ4n) is 2.35. The molecule has 7 heteroatoms. The van der Waals surface area contributed by atoms with E-state index in [-0.39, 0.29) is 5.84 Å². The molecule has 0 atom stereocenters. The number of fused-ring (bicyclic) bond motifs is 1. The first kappa shape index (κ1) is 13.1. The third kappa shape index (κ3) is 2.68. The predicted molar refractivity (Wildman–Crippen MR) is 81.7 cm³/mol. The van der Waals surface area contributed by atoms with Crippen LogP contribution in [0.25, 0.3) is 10.2 Å². The molecule has 1 aromatic carbocycles. The van der Waals surface area contributed by atoms with Crippen LogP contribution in [0.3, 0.4) is 0 Å². The van der Waals surface area contributed by atoms with Gasteiger partial charge in [-0.1, -0.05) is 28.6 Å². The molecule has 1 aliphatic heterocycles. The van der Waals surface area contributed by atoms with Gasteiger partial charge in [0, 0.05) is 26.2 Å². The summed E-state index contributed by atoms with van der Waals surface area (Å²) in [5, 5.41) is 12.7. The highest BCUT2D eigenvalue weighted by Crippen LogP contribution is 2.28. The molecule has 1 aliphatic rings. The second-order valence-electron chi connectivity index (χ2n) is 4.82. The Hall–Kier alpha value is -1.86. The van der Waals surface area contributed by atoms with Crippen molar-refractivity contribution in [2.75, 3.05) is 37.6 Å². The van der Waals surface area contributed by atoms with Crippen LogP contribution in [0.4, 0.5) is 5.13 Å². The summed E-state index contributed by atoms with van der Waals surface area (Å²) in [5.74, 6) is 0.262. The minimum absolute atomic E-state index is 0.262. The van der Waals surface area contributed by atoms with Gasteiger partial charge in [0.05, 0.1) is 16.8 Å². The van der Waals surface area contributed by atoms with E-state index in [0.717, 1.165) is 36.8 Å². The molecule has 3 rings (SSSR count). The van der Waals surface area contributed by atoms with Gasteiger partial charge in [0.25, 0.3) is 0 Å². The topological polar surface area (TPSA) is 78.0 Å². The van der Waals surface area contributed by atoms with E-state index < -0.39 is 0 Å². The zero-order valence-electron chi connectivity index (χ0n) is 11.1. The van der Waals surface area contributed by atoms with E-state index in [1.165, 1.54) is 4.70 Å². The quantitative estimate of drug-likeness (QED) is 0.384. The van der Waals surface area contributed by atoms with Crippen molar-refractivity contribution >= 4 is 32.5 Å². The number of oxime groups is 1. The largest absolute Gasteiger partial charge is 0.409 e. The highest BCUT2D eigenvalue weighted by molar-refractivity contribution is 7.22. The summed E-state index contributed by atoms with van der Waals surface area (Å²) in [5.41, 5.74) is 6.60. The van der Waals surface area contributed by atoms with Crippen LogP contribution in [0.15, 0.2) is 29.4 Å².